The van der Waals surface area contributed by atoms with Crippen molar-refractivity contribution < 1.29 is 9.59 Å². The first-order valence-electron chi connectivity index (χ1n) is 9.33. The van der Waals surface area contributed by atoms with Crippen LogP contribution in [0.2, 0.25) is 0 Å². The van der Waals surface area contributed by atoms with Crippen molar-refractivity contribution in [3.05, 3.63) is 17.5 Å². The van der Waals surface area contributed by atoms with Crippen molar-refractivity contribution in [1.82, 2.24) is 25.3 Å². The highest BCUT2D eigenvalue weighted by atomic mass is 16.2. The lowest BCUT2D eigenvalue weighted by molar-refractivity contribution is -0.133. The Bertz CT molecular complexity index is 621. The number of carbonyl (C=O) groups excluding carboxylic acids is 2. The molecule has 7 heteroatoms. The first kappa shape index (κ1) is 17.9. The third kappa shape index (κ3) is 4.60. The molecule has 7 nitrogen and oxygen atoms in total. The van der Waals surface area contributed by atoms with Gasteiger partial charge >= 0.3 is 0 Å². The molecule has 2 aliphatic rings. The first-order valence-corrected chi connectivity index (χ1v) is 9.33. The quantitative estimate of drug-likeness (QED) is 0.818. The second-order valence-corrected chi connectivity index (χ2v) is 7.33. The van der Waals surface area contributed by atoms with Crippen LogP contribution >= 0.6 is 0 Å². The van der Waals surface area contributed by atoms with Crippen molar-refractivity contribution in [2.45, 2.75) is 52.1 Å². The summed E-state index contributed by atoms with van der Waals surface area (Å²) >= 11 is 0. The Kier molecular flexibility index (Phi) is 5.73. The van der Waals surface area contributed by atoms with Crippen LogP contribution in [0, 0.1) is 19.8 Å². The SMILES string of the molecule is Cc1cc(C)n(CC(=O)N2CCCC(CNC(=O)C3CCCN3)C2)n1. The lowest BCUT2D eigenvalue weighted by atomic mass is 9.97. The molecule has 2 aliphatic heterocycles. The van der Waals surface area contributed by atoms with Crippen molar-refractivity contribution in [1.29, 1.82) is 0 Å². The summed E-state index contributed by atoms with van der Waals surface area (Å²) in [6.45, 7) is 7.30. The van der Waals surface area contributed by atoms with E-state index >= 15 is 0 Å². The Labute approximate surface area is 149 Å². The van der Waals surface area contributed by atoms with Crippen LogP contribution in [0.15, 0.2) is 6.07 Å². The molecule has 0 aromatic carbocycles. The van der Waals surface area contributed by atoms with Crippen LogP contribution in [0.4, 0.5) is 0 Å². The second kappa shape index (κ2) is 7.99. The molecule has 2 fully saturated rings. The van der Waals surface area contributed by atoms with Gasteiger partial charge in [0.2, 0.25) is 11.8 Å². The molecular formula is C18H29N5O2. The zero-order valence-electron chi connectivity index (χ0n) is 15.3. The van der Waals surface area contributed by atoms with Gasteiger partial charge in [-0.15, -0.1) is 0 Å². The molecule has 2 atom stereocenters. The van der Waals surface area contributed by atoms with Crippen molar-refractivity contribution in [3.8, 4) is 0 Å². The number of amides is 2. The highest BCUT2D eigenvalue weighted by Crippen LogP contribution is 2.17. The summed E-state index contributed by atoms with van der Waals surface area (Å²) in [6.07, 6.45) is 4.03. The maximum absolute atomic E-state index is 12.6. The fourth-order valence-electron chi connectivity index (χ4n) is 3.80. The molecule has 2 N–H and O–H groups in total. The number of rotatable bonds is 5. The molecule has 138 valence electrons. The number of carbonyl (C=O) groups is 2. The van der Waals surface area contributed by atoms with Gasteiger partial charge in [-0.2, -0.15) is 5.10 Å². The largest absolute Gasteiger partial charge is 0.354 e. The Balaban J connectivity index is 1.47. The molecule has 1 aromatic heterocycles. The number of aryl methyl sites for hydroxylation is 2. The number of nitrogens with zero attached hydrogens (tertiary/aromatic N) is 3. The zero-order valence-corrected chi connectivity index (χ0v) is 15.3. The Hall–Kier alpha value is -1.89. The molecule has 3 heterocycles. The van der Waals surface area contributed by atoms with Gasteiger partial charge in [0.05, 0.1) is 11.7 Å². The molecule has 0 aliphatic carbocycles. The van der Waals surface area contributed by atoms with E-state index in [1.165, 1.54) is 0 Å². The zero-order chi connectivity index (χ0) is 17.8. The average Bonchev–Trinajstić information content (AvgIpc) is 3.23. The molecule has 0 bridgehead atoms. The van der Waals surface area contributed by atoms with E-state index in [0.717, 1.165) is 56.7 Å². The maximum atomic E-state index is 12.6. The van der Waals surface area contributed by atoms with Crippen LogP contribution in [0.5, 0.6) is 0 Å². The lowest BCUT2D eigenvalue weighted by Crippen LogP contribution is -2.47. The van der Waals surface area contributed by atoms with Crippen LogP contribution < -0.4 is 10.6 Å². The summed E-state index contributed by atoms with van der Waals surface area (Å²) in [5, 5.41) is 10.7. The van der Waals surface area contributed by atoms with Crippen molar-refractivity contribution in [2.24, 2.45) is 5.92 Å². The minimum absolute atomic E-state index is 0.0349. The third-order valence-corrected chi connectivity index (χ3v) is 5.20. The van der Waals surface area contributed by atoms with Crippen molar-refractivity contribution in [2.75, 3.05) is 26.2 Å². The normalized spacial score (nSPS) is 23.7. The number of likely N-dealkylation sites (tertiary alicyclic amines) is 1. The summed E-state index contributed by atoms with van der Waals surface area (Å²) < 4.78 is 1.77. The van der Waals surface area contributed by atoms with E-state index in [4.69, 9.17) is 0 Å². The molecule has 2 amide bonds. The van der Waals surface area contributed by atoms with E-state index < -0.39 is 0 Å². The van der Waals surface area contributed by atoms with Crippen LogP contribution in [0.1, 0.15) is 37.1 Å². The van der Waals surface area contributed by atoms with E-state index in [0.29, 0.717) is 19.0 Å². The number of piperidine rings is 1. The minimum atomic E-state index is -0.0349. The van der Waals surface area contributed by atoms with Gasteiger partial charge in [0, 0.05) is 25.3 Å². The fourth-order valence-corrected chi connectivity index (χ4v) is 3.80. The summed E-state index contributed by atoms with van der Waals surface area (Å²) in [7, 11) is 0. The van der Waals surface area contributed by atoms with E-state index in [1.807, 2.05) is 24.8 Å². The van der Waals surface area contributed by atoms with Crippen LogP contribution in [-0.2, 0) is 16.1 Å². The smallest absolute Gasteiger partial charge is 0.244 e. The van der Waals surface area contributed by atoms with E-state index in [1.54, 1.807) is 4.68 Å². The van der Waals surface area contributed by atoms with E-state index in [2.05, 4.69) is 15.7 Å². The van der Waals surface area contributed by atoms with Crippen LogP contribution in [0.25, 0.3) is 0 Å². The molecular weight excluding hydrogens is 318 g/mol. The second-order valence-electron chi connectivity index (χ2n) is 7.33. The highest BCUT2D eigenvalue weighted by Gasteiger charge is 2.26. The average molecular weight is 347 g/mol. The fraction of sp³-hybridized carbons (Fsp3) is 0.722. The molecule has 25 heavy (non-hydrogen) atoms. The standard InChI is InChI=1S/C18H29N5O2/c1-13-9-14(2)23(21-13)12-17(24)22-8-4-5-15(11-22)10-20-18(25)16-6-3-7-19-16/h9,15-16,19H,3-8,10-12H2,1-2H3,(H,20,25). The van der Waals surface area contributed by atoms with E-state index in [-0.39, 0.29) is 17.9 Å². The number of nitrogens with one attached hydrogen (secondary N) is 2. The van der Waals surface area contributed by atoms with Gasteiger partial charge in [-0.05, 0) is 58.1 Å². The molecule has 2 saturated heterocycles. The number of aromatic nitrogens is 2. The Morgan fingerprint density at radius 1 is 1.32 bits per heavy atom. The molecule has 1 aromatic rings. The molecule has 0 radical (unpaired) electrons. The predicted octanol–water partition coefficient (Wildman–Crippen LogP) is 0.607. The minimum Gasteiger partial charge on any atom is -0.354 e. The summed E-state index contributed by atoms with van der Waals surface area (Å²) in [6, 6.07) is 1.95. The van der Waals surface area contributed by atoms with Gasteiger partial charge in [0.25, 0.3) is 0 Å². The van der Waals surface area contributed by atoms with Gasteiger partial charge in [-0.1, -0.05) is 0 Å². The predicted molar refractivity (Wildman–Crippen MR) is 95.0 cm³/mol. The number of hydrogen-bond acceptors (Lipinski definition) is 4. The van der Waals surface area contributed by atoms with Gasteiger partial charge in [0.15, 0.2) is 0 Å². The molecule has 3 rings (SSSR count). The molecule has 0 saturated carbocycles. The molecule has 0 spiro atoms. The highest BCUT2D eigenvalue weighted by molar-refractivity contribution is 5.82. The summed E-state index contributed by atoms with van der Waals surface area (Å²) in [5.74, 6) is 0.548. The maximum Gasteiger partial charge on any atom is 0.244 e. The summed E-state index contributed by atoms with van der Waals surface area (Å²) in [4.78, 5) is 26.6. The Morgan fingerprint density at radius 3 is 2.84 bits per heavy atom. The Morgan fingerprint density at radius 2 is 2.16 bits per heavy atom. The van der Waals surface area contributed by atoms with Gasteiger partial charge in [-0.3, -0.25) is 14.3 Å². The van der Waals surface area contributed by atoms with E-state index in [9.17, 15) is 9.59 Å². The van der Waals surface area contributed by atoms with Crippen LogP contribution in [-0.4, -0.2) is 58.7 Å². The van der Waals surface area contributed by atoms with Gasteiger partial charge in [0.1, 0.15) is 6.54 Å². The first-order chi connectivity index (χ1) is 12.0. The van der Waals surface area contributed by atoms with Crippen molar-refractivity contribution >= 4 is 11.8 Å². The topological polar surface area (TPSA) is 79.3 Å². The number of hydrogen-bond donors (Lipinski definition) is 2. The van der Waals surface area contributed by atoms with Gasteiger partial charge < -0.3 is 15.5 Å². The molecule has 2 unspecified atom stereocenters. The summed E-state index contributed by atoms with van der Waals surface area (Å²) in [5.41, 5.74) is 1.95. The lowest BCUT2D eigenvalue weighted by Gasteiger charge is -2.33. The van der Waals surface area contributed by atoms with Crippen LogP contribution in [0.3, 0.4) is 0 Å². The third-order valence-electron chi connectivity index (χ3n) is 5.20. The van der Waals surface area contributed by atoms with Crippen molar-refractivity contribution in [3.63, 3.8) is 0 Å². The monoisotopic (exact) mass is 347 g/mol. The van der Waals surface area contributed by atoms with Gasteiger partial charge in [-0.25, -0.2) is 0 Å².